The molecule has 5 rings (SSSR count). The third kappa shape index (κ3) is 4.61. The number of ether oxygens (including phenoxy) is 1. The molecule has 0 saturated carbocycles. The number of nitrogens with zero attached hydrogens (tertiary/aromatic N) is 4. The topological polar surface area (TPSA) is 88.2 Å². The van der Waals surface area contributed by atoms with Gasteiger partial charge >= 0.3 is 0 Å². The Labute approximate surface area is 214 Å². The number of rotatable bonds is 5. The minimum Gasteiger partial charge on any atom is -0.376 e. The monoisotopic (exact) mass is 496 g/mol. The summed E-state index contributed by atoms with van der Waals surface area (Å²) < 4.78 is 21.8. The number of benzene rings is 2. The normalized spacial score (nSPS) is 19.1. The number of imide groups is 1. The molecule has 3 aromatic rings. The predicted octanol–water partition coefficient (Wildman–Crippen LogP) is 4.76. The molecule has 0 bridgehead atoms. The molecule has 1 saturated heterocycles. The minimum atomic E-state index is -0.613. The number of carbonyl (C=O) groups excluding carboxylic acids is 2. The Morgan fingerprint density at radius 2 is 1.95 bits per heavy atom. The van der Waals surface area contributed by atoms with Crippen molar-refractivity contribution in [1.82, 2.24) is 14.7 Å². The molecule has 1 fully saturated rings. The molecular formula is C29H25FN4O3. The number of carbonyl (C=O) groups is 2. The van der Waals surface area contributed by atoms with E-state index in [1.165, 1.54) is 6.07 Å². The summed E-state index contributed by atoms with van der Waals surface area (Å²) in [6.45, 7) is 3.95. The maximum atomic E-state index is 14.5. The van der Waals surface area contributed by atoms with Crippen LogP contribution in [0.5, 0.6) is 0 Å². The van der Waals surface area contributed by atoms with Crippen molar-refractivity contribution in [2.45, 2.75) is 32.8 Å². The highest BCUT2D eigenvalue weighted by molar-refractivity contribution is 6.19. The standard InChI is InChI=1S/C29H25FN4O3/c1-18-10-11-20(14-26(18)30)27-21(16-34(32-27)22-7-4-3-5-8-22)13-24-19(2)25(15-31)29(36)33(28(24)35)17-23-9-6-12-37-23/h3-5,7-8,10-11,13-14,16,23H,6,9,12,17H2,1-2H3/b24-13+. The average Bonchev–Trinajstić information content (AvgIpc) is 3.57. The van der Waals surface area contributed by atoms with Gasteiger partial charge < -0.3 is 4.74 Å². The molecule has 0 spiro atoms. The van der Waals surface area contributed by atoms with Crippen LogP contribution in [0.1, 0.15) is 30.9 Å². The van der Waals surface area contributed by atoms with E-state index in [2.05, 4.69) is 0 Å². The number of hydrogen-bond donors (Lipinski definition) is 0. The molecule has 0 N–H and O–H groups in total. The molecule has 8 heteroatoms. The van der Waals surface area contributed by atoms with Gasteiger partial charge in [0.1, 0.15) is 23.2 Å². The largest absolute Gasteiger partial charge is 0.376 e. The summed E-state index contributed by atoms with van der Waals surface area (Å²) in [4.78, 5) is 27.7. The Balaban J connectivity index is 1.65. The fourth-order valence-corrected chi connectivity index (χ4v) is 4.61. The van der Waals surface area contributed by atoms with E-state index in [1.807, 2.05) is 36.4 Å². The van der Waals surface area contributed by atoms with Crippen molar-refractivity contribution >= 4 is 17.9 Å². The lowest BCUT2D eigenvalue weighted by molar-refractivity contribution is -0.142. The molecule has 0 radical (unpaired) electrons. The van der Waals surface area contributed by atoms with E-state index >= 15 is 0 Å². The van der Waals surface area contributed by atoms with E-state index in [9.17, 15) is 19.2 Å². The molecule has 0 aliphatic carbocycles. The number of aryl methyl sites for hydroxylation is 1. The summed E-state index contributed by atoms with van der Waals surface area (Å²) in [5, 5.41) is 14.4. The first-order valence-electron chi connectivity index (χ1n) is 12.1. The Morgan fingerprint density at radius 1 is 1.16 bits per heavy atom. The smallest absolute Gasteiger partial charge is 0.271 e. The van der Waals surface area contributed by atoms with Gasteiger partial charge in [-0.05, 0) is 62.1 Å². The molecule has 2 aromatic carbocycles. The minimum absolute atomic E-state index is 0.0813. The first kappa shape index (κ1) is 24.3. The summed E-state index contributed by atoms with van der Waals surface area (Å²) in [6, 6.07) is 16.3. The number of amides is 2. The Hall–Kier alpha value is -4.35. The van der Waals surface area contributed by atoms with Crippen LogP contribution in [0.25, 0.3) is 23.0 Å². The first-order chi connectivity index (χ1) is 17.9. The summed E-state index contributed by atoms with van der Waals surface area (Å²) in [5.74, 6) is -1.47. The third-order valence-electron chi connectivity index (χ3n) is 6.74. The Bertz CT molecular complexity index is 1490. The van der Waals surface area contributed by atoms with Crippen LogP contribution < -0.4 is 0 Å². The molecule has 7 nitrogen and oxygen atoms in total. The quantitative estimate of drug-likeness (QED) is 0.376. The summed E-state index contributed by atoms with van der Waals surface area (Å²) in [7, 11) is 0. The van der Waals surface area contributed by atoms with Gasteiger partial charge in [-0.15, -0.1) is 0 Å². The van der Waals surface area contributed by atoms with Crippen LogP contribution >= 0.6 is 0 Å². The zero-order chi connectivity index (χ0) is 26.1. The average molecular weight is 497 g/mol. The third-order valence-corrected chi connectivity index (χ3v) is 6.74. The van der Waals surface area contributed by atoms with Crippen molar-refractivity contribution in [2.24, 2.45) is 0 Å². The first-order valence-corrected chi connectivity index (χ1v) is 12.1. The molecule has 1 unspecified atom stereocenters. The predicted molar refractivity (Wildman–Crippen MR) is 136 cm³/mol. The number of halogens is 1. The Kier molecular flexibility index (Phi) is 6.55. The number of nitriles is 1. The van der Waals surface area contributed by atoms with Gasteiger partial charge in [-0.3, -0.25) is 14.5 Å². The summed E-state index contributed by atoms with van der Waals surface area (Å²) in [5.41, 5.74) is 3.30. The van der Waals surface area contributed by atoms with Crippen LogP contribution in [0.2, 0.25) is 0 Å². The summed E-state index contributed by atoms with van der Waals surface area (Å²) in [6.07, 6.45) is 4.73. The van der Waals surface area contributed by atoms with Crippen LogP contribution in [-0.2, 0) is 14.3 Å². The van der Waals surface area contributed by atoms with E-state index in [0.717, 1.165) is 23.4 Å². The molecule has 37 heavy (non-hydrogen) atoms. The van der Waals surface area contributed by atoms with Gasteiger partial charge in [0.25, 0.3) is 11.8 Å². The van der Waals surface area contributed by atoms with Crippen LogP contribution in [-0.4, -0.2) is 45.8 Å². The van der Waals surface area contributed by atoms with Crippen molar-refractivity contribution in [3.05, 3.63) is 88.4 Å². The van der Waals surface area contributed by atoms with Crippen molar-refractivity contribution in [3.8, 4) is 23.0 Å². The van der Waals surface area contributed by atoms with Crippen LogP contribution in [0.4, 0.5) is 4.39 Å². The van der Waals surface area contributed by atoms with Gasteiger partial charge in [-0.1, -0.05) is 30.3 Å². The van der Waals surface area contributed by atoms with E-state index in [0.29, 0.717) is 34.6 Å². The number of para-hydroxylation sites is 1. The van der Waals surface area contributed by atoms with Gasteiger partial charge in [0.2, 0.25) is 0 Å². The second kappa shape index (κ2) is 9.96. The maximum Gasteiger partial charge on any atom is 0.271 e. The van der Waals surface area contributed by atoms with E-state index < -0.39 is 11.8 Å². The fraction of sp³-hybridized carbons (Fsp3) is 0.241. The Morgan fingerprint density at radius 3 is 2.62 bits per heavy atom. The molecule has 186 valence electrons. The molecule has 2 aliphatic rings. The van der Waals surface area contributed by atoms with Gasteiger partial charge in [0.15, 0.2) is 0 Å². The number of hydrogen-bond acceptors (Lipinski definition) is 5. The maximum absolute atomic E-state index is 14.5. The molecule has 1 aromatic heterocycles. The molecule has 3 heterocycles. The lowest BCUT2D eigenvalue weighted by atomic mass is 9.93. The highest BCUT2D eigenvalue weighted by Crippen LogP contribution is 2.32. The number of aromatic nitrogens is 2. The second-order valence-electron chi connectivity index (χ2n) is 9.20. The van der Waals surface area contributed by atoms with Crippen molar-refractivity contribution in [3.63, 3.8) is 0 Å². The van der Waals surface area contributed by atoms with Crippen molar-refractivity contribution in [2.75, 3.05) is 13.2 Å². The van der Waals surface area contributed by atoms with E-state index in [1.54, 1.807) is 42.9 Å². The van der Waals surface area contributed by atoms with Crippen molar-refractivity contribution < 1.29 is 18.7 Å². The van der Waals surface area contributed by atoms with E-state index in [-0.39, 0.29) is 29.6 Å². The lowest BCUT2D eigenvalue weighted by Gasteiger charge is -2.29. The lowest BCUT2D eigenvalue weighted by Crippen LogP contribution is -2.46. The van der Waals surface area contributed by atoms with Gasteiger partial charge in [-0.2, -0.15) is 10.4 Å². The van der Waals surface area contributed by atoms with Gasteiger partial charge in [0.05, 0.1) is 18.3 Å². The summed E-state index contributed by atoms with van der Waals surface area (Å²) >= 11 is 0. The van der Waals surface area contributed by atoms with Gasteiger partial charge in [0, 0.05) is 29.5 Å². The van der Waals surface area contributed by atoms with Gasteiger partial charge in [-0.25, -0.2) is 9.07 Å². The van der Waals surface area contributed by atoms with Crippen LogP contribution in [0.15, 0.2) is 71.4 Å². The van der Waals surface area contributed by atoms with Crippen LogP contribution in [0, 0.1) is 24.1 Å². The zero-order valence-corrected chi connectivity index (χ0v) is 20.6. The highest BCUT2D eigenvalue weighted by atomic mass is 19.1. The zero-order valence-electron chi connectivity index (χ0n) is 20.6. The molecule has 2 amide bonds. The van der Waals surface area contributed by atoms with E-state index in [4.69, 9.17) is 9.84 Å². The van der Waals surface area contributed by atoms with Crippen molar-refractivity contribution in [1.29, 1.82) is 5.26 Å². The fourth-order valence-electron chi connectivity index (χ4n) is 4.61. The highest BCUT2D eigenvalue weighted by Gasteiger charge is 2.37. The second-order valence-corrected chi connectivity index (χ2v) is 9.20. The molecular weight excluding hydrogens is 471 g/mol. The SMILES string of the molecule is CC1=C(C#N)C(=O)N(CC2CCCO2)C(=O)/C1=C/c1cn(-c2ccccc2)nc1-c1ccc(C)c(F)c1. The molecule has 2 aliphatic heterocycles. The molecule has 1 atom stereocenters. The van der Waals surface area contributed by atoms with Crippen LogP contribution in [0.3, 0.4) is 0 Å².